The number of ether oxygens (including phenoxy) is 2. The number of benzene rings is 2. The van der Waals surface area contributed by atoms with Gasteiger partial charge in [-0.05, 0) is 69.0 Å². The van der Waals surface area contributed by atoms with E-state index in [-0.39, 0.29) is 49.2 Å². The average Bonchev–Trinajstić information content (AvgIpc) is 3.14. The zero-order valence-electron chi connectivity index (χ0n) is 20.0. The minimum atomic E-state index is -0.322. The number of hydrogen-bond donors (Lipinski definition) is 2. The van der Waals surface area contributed by atoms with Gasteiger partial charge in [0.15, 0.2) is 0 Å². The molecular formula is C27H29ClFN3O4. The molecule has 0 saturated carbocycles. The average molecular weight is 514 g/mol. The Labute approximate surface area is 214 Å². The fourth-order valence-corrected chi connectivity index (χ4v) is 5.67. The van der Waals surface area contributed by atoms with Crippen molar-refractivity contribution in [2.24, 2.45) is 0 Å². The van der Waals surface area contributed by atoms with E-state index in [4.69, 9.17) is 26.2 Å². The smallest absolute Gasteiger partial charge is 0.241 e. The van der Waals surface area contributed by atoms with Crippen LogP contribution in [-0.4, -0.2) is 58.3 Å². The predicted molar refractivity (Wildman–Crippen MR) is 136 cm³/mol. The first-order chi connectivity index (χ1) is 17.4. The van der Waals surface area contributed by atoms with Crippen molar-refractivity contribution in [2.75, 3.05) is 18.5 Å². The lowest BCUT2D eigenvalue weighted by Crippen LogP contribution is -2.53. The molecule has 3 heterocycles. The summed E-state index contributed by atoms with van der Waals surface area (Å²) in [5, 5.41) is 13.1. The van der Waals surface area contributed by atoms with Gasteiger partial charge in [0.1, 0.15) is 30.0 Å². The molecule has 2 N–H and O–H groups in total. The largest absolute Gasteiger partial charge is 0.490 e. The molecule has 36 heavy (non-hydrogen) atoms. The van der Waals surface area contributed by atoms with Crippen LogP contribution in [0.1, 0.15) is 32.6 Å². The van der Waals surface area contributed by atoms with Gasteiger partial charge in [-0.2, -0.15) is 0 Å². The summed E-state index contributed by atoms with van der Waals surface area (Å²) in [4.78, 5) is 19.8. The molecule has 2 fully saturated rings. The maximum absolute atomic E-state index is 13.8. The van der Waals surface area contributed by atoms with E-state index in [0.717, 1.165) is 25.7 Å². The first-order valence-electron chi connectivity index (χ1n) is 12.3. The number of carbonyl (C=O) groups excluding carboxylic acids is 1. The Morgan fingerprint density at radius 2 is 1.97 bits per heavy atom. The van der Waals surface area contributed by atoms with Crippen molar-refractivity contribution in [1.29, 1.82) is 0 Å². The summed E-state index contributed by atoms with van der Waals surface area (Å²) in [5.41, 5.74) is 1.29. The Morgan fingerprint density at radius 1 is 1.19 bits per heavy atom. The molecular weight excluding hydrogens is 485 g/mol. The van der Waals surface area contributed by atoms with E-state index >= 15 is 0 Å². The van der Waals surface area contributed by atoms with E-state index in [1.165, 1.54) is 12.1 Å². The Kier molecular flexibility index (Phi) is 7.27. The van der Waals surface area contributed by atoms with Crippen LogP contribution >= 0.6 is 11.6 Å². The molecule has 3 aromatic rings. The fraction of sp³-hybridized carbons (Fsp3) is 0.407. The Morgan fingerprint density at radius 3 is 2.72 bits per heavy atom. The van der Waals surface area contributed by atoms with Gasteiger partial charge in [-0.25, -0.2) is 4.39 Å². The molecule has 2 aliphatic rings. The highest BCUT2D eigenvalue weighted by atomic mass is 35.5. The number of rotatable bonds is 8. The van der Waals surface area contributed by atoms with Gasteiger partial charge < -0.3 is 19.9 Å². The molecule has 2 aromatic carbocycles. The summed E-state index contributed by atoms with van der Waals surface area (Å²) < 4.78 is 25.7. The molecule has 2 saturated heterocycles. The third-order valence-corrected chi connectivity index (χ3v) is 7.39. The molecule has 3 atom stereocenters. The van der Waals surface area contributed by atoms with E-state index in [2.05, 4.69) is 15.2 Å². The van der Waals surface area contributed by atoms with E-state index in [1.807, 2.05) is 6.92 Å². The number of halogens is 2. The first-order valence-corrected chi connectivity index (χ1v) is 12.6. The number of aliphatic hydroxyl groups excluding tert-OH is 1. The third-order valence-electron chi connectivity index (χ3n) is 7.08. The van der Waals surface area contributed by atoms with Crippen LogP contribution in [0.15, 0.2) is 48.7 Å². The second kappa shape index (κ2) is 10.6. The van der Waals surface area contributed by atoms with Crippen LogP contribution in [0, 0.1) is 5.82 Å². The second-order valence-corrected chi connectivity index (χ2v) is 9.80. The second-order valence-electron chi connectivity index (χ2n) is 9.40. The van der Waals surface area contributed by atoms with Gasteiger partial charge in [-0.3, -0.25) is 14.7 Å². The predicted octanol–water partition coefficient (Wildman–Crippen LogP) is 4.80. The van der Waals surface area contributed by atoms with Crippen molar-refractivity contribution >= 4 is 34.1 Å². The van der Waals surface area contributed by atoms with Gasteiger partial charge in [0.25, 0.3) is 0 Å². The van der Waals surface area contributed by atoms with Crippen molar-refractivity contribution in [1.82, 2.24) is 9.88 Å². The maximum Gasteiger partial charge on any atom is 0.241 e. The molecule has 190 valence electrons. The van der Waals surface area contributed by atoms with Gasteiger partial charge in [-0.15, -0.1) is 0 Å². The molecule has 1 amide bonds. The Bertz CT molecular complexity index is 1240. The molecule has 2 aliphatic heterocycles. The van der Waals surface area contributed by atoms with Crippen molar-refractivity contribution < 1.29 is 23.8 Å². The summed E-state index contributed by atoms with van der Waals surface area (Å²) in [6.45, 7) is 1.93. The number of piperidine rings is 1. The summed E-state index contributed by atoms with van der Waals surface area (Å²) >= 11 is 6.15. The first kappa shape index (κ1) is 24.7. The van der Waals surface area contributed by atoms with Crippen molar-refractivity contribution in [3.8, 4) is 11.5 Å². The molecule has 1 aromatic heterocycles. The monoisotopic (exact) mass is 513 g/mol. The number of aliphatic hydroxyl groups is 1. The highest BCUT2D eigenvalue weighted by Gasteiger charge is 2.45. The normalized spacial score (nSPS) is 22.4. The highest BCUT2D eigenvalue weighted by molar-refractivity contribution is 6.32. The minimum Gasteiger partial charge on any atom is -0.490 e. The number of nitrogens with zero attached hydrogens (tertiary/aromatic N) is 2. The van der Waals surface area contributed by atoms with Crippen LogP contribution in [0.2, 0.25) is 5.02 Å². The number of aromatic nitrogens is 1. The number of pyridine rings is 1. The van der Waals surface area contributed by atoms with E-state index in [0.29, 0.717) is 33.1 Å². The van der Waals surface area contributed by atoms with Gasteiger partial charge in [0.05, 0.1) is 23.2 Å². The van der Waals surface area contributed by atoms with Crippen LogP contribution in [0.3, 0.4) is 0 Å². The number of anilines is 1. The van der Waals surface area contributed by atoms with Gasteiger partial charge in [-0.1, -0.05) is 11.6 Å². The molecule has 2 bridgehead atoms. The molecule has 9 heteroatoms. The van der Waals surface area contributed by atoms with Gasteiger partial charge in [0, 0.05) is 35.4 Å². The summed E-state index contributed by atoms with van der Waals surface area (Å²) in [6, 6.07) is 11.5. The summed E-state index contributed by atoms with van der Waals surface area (Å²) in [7, 11) is 0. The summed E-state index contributed by atoms with van der Waals surface area (Å²) in [6.07, 6.45) is 5.29. The Balaban J connectivity index is 1.24. The molecule has 0 aliphatic carbocycles. The Hall–Kier alpha value is -2.94. The van der Waals surface area contributed by atoms with E-state index in [1.54, 1.807) is 36.5 Å². The van der Waals surface area contributed by atoms with Crippen molar-refractivity contribution in [3.63, 3.8) is 0 Å². The van der Waals surface area contributed by atoms with Gasteiger partial charge >= 0.3 is 0 Å². The number of amides is 1. The van der Waals surface area contributed by atoms with Crippen LogP contribution in [0.4, 0.5) is 10.1 Å². The quantitative estimate of drug-likeness (QED) is 0.450. The highest BCUT2D eigenvalue weighted by Crippen LogP contribution is 2.40. The number of nitrogens with one attached hydrogen (secondary N) is 1. The molecule has 0 spiro atoms. The number of fused-ring (bicyclic) bond motifs is 3. The van der Waals surface area contributed by atoms with Crippen molar-refractivity contribution in [3.05, 3.63) is 59.5 Å². The lowest BCUT2D eigenvalue weighted by atomic mass is 9.97. The minimum absolute atomic E-state index is 0.00891. The maximum atomic E-state index is 13.8. The topological polar surface area (TPSA) is 83.9 Å². The fourth-order valence-electron chi connectivity index (χ4n) is 5.50. The molecule has 5 rings (SSSR count). The molecule has 0 radical (unpaired) electrons. The van der Waals surface area contributed by atoms with Gasteiger partial charge in [0.2, 0.25) is 5.91 Å². The summed E-state index contributed by atoms with van der Waals surface area (Å²) in [5.74, 6) is 0.642. The molecule has 7 nitrogen and oxygen atoms in total. The number of hydrogen-bond acceptors (Lipinski definition) is 6. The van der Waals surface area contributed by atoms with Crippen LogP contribution in [-0.2, 0) is 4.79 Å². The third kappa shape index (κ3) is 5.12. The zero-order valence-corrected chi connectivity index (χ0v) is 20.7. The van der Waals surface area contributed by atoms with Crippen molar-refractivity contribution in [2.45, 2.75) is 56.8 Å². The van der Waals surface area contributed by atoms with E-state index < -0.39 is 0 Å². The number of carbonyl (C=O) groups is 1. The van der Waals surface area contributed by atoms with Crippen LogP contribution in [0.5, 0.6) is 11.5 Å². The SMILES string of the molecule is CC(C(=O)Nc1ccc(Cl)c(OCCO)c1)N1C2CCC1CC(Oc1ccnc3ccc(F)cc13)C2. The standard InChI is InChI=1S/C27H29ClFN3O4/c1-16(27(34)31-18-3-6-23(28)26(13-18)35-11-10-33)32-19-4-5-20(32)15-21(14-19)36-25-8-9-30-24-7-2-17(29)12-22(24)25/h2-3,6-9,12-13,16,19-21,33H,4-5,10-11,14-15H2,1H3,(H,31,34). The molecule has 3 unspecified atom stereocenters. The van der Waals surface area contributed by atoms with E-state index in [9.17, 15) is 9.18 Å². The van der Waals surface area contributed by atoms with Crippen LogP contribution in [0.25, 0.3) is 10.9 Å². The van der Waals surface area contributed by atoms with Crippen LogP contribution < -0.4 is 14.8 Å². The lowest BCUT2D eigenvalue weighted by Gasteiger charge is -2.41. The zero-order chi connectivity index (χ0) is 25.2. The lowest BCUT2D eigenvalue weighted by molar-refractivity contribution is -0.123.